The molecular formula is C16H10ClF3N2O2. The lowest BCUT2D eigenvalue weighted by Crippen LogP contribution is -2.20. The van der Waals surface area contributed by atoms with E-state index in [0.29, 0.717) is 11.3 Å². The first-order valence-electron chi connectivity index (χ1n) is 6.59. The maximum absolute atomic E-state index is 12.8. The average Bonchev–Trinajstić information content (AvgIpc) is 2.54. The van der Waals surface area contributed by atoms with E-state index < -0.39 is 29.3 Å². The van der Waals surface area contributed by atoms with Gasteiger partial charge in [0.2, 0.25) is 0 Å². The lowest BCUT2D eigenvalue weighted by atomic mass is 10.2. The number of carbonyl (C=O) groups excluding carboxylic acids is 1. The van der Waals surface area contributed by atoms with Gasteiger partial charge in [0, 0.05) is 5.69 Å². The minimum atomic E-state index is -4.61. The van der Waals surface area contributed by atoms with Crippen molar-refractivity contribution in [1.29, 1.82) is 5.26 Å². The summed E-state index contributed by atoms with van der Waals surface area (Å²) in [5, 5.41) is 10.5. The number of hydrogen-bond donors (Lipinski definition) is 1. The minimum Gasteiger partial charge on any atom is -0.484 e. The Bertz CT molecular complexity index is 783. The molecule has 2 aromatic rings. The third kappa shape index (κ3) is 4.64. The fraction of sp³-hybridized carbons (Fsp3) is 0.125. The molecule has 8 heteroatoms. The van der Waals surface area contributed by atoms with Crippen LogP contribution < -0.4 is 10.1 Å². The quantitative estimate of drug-likeness (QED) is 0.892. The van der Waals surface area contributed by atoms with Gasteiger partial charge in [-0.2, -0.15) is 18.4 Å². The predicted octanol–water partition coefficient (Wildman–Crippen LogP) is 4.25. The van der Waals surface area contributed by atoms with Gasteiger partial charge in [-0.15, -0.1) is 0 Å². The molecule has 0 aliphatic carbocycles. The lowest BCUT2D eigenvalue weighted by molar-refractivity contribution is -0.137. The highest BCUT2D eigenvalue weighted by Gasteiger charge is 2.33. The number of nitrogens with one attached hydrogen (secondary N) is 1. The zero-order chi connectivity index (χ0) is 17.7. The topological polar surface area (TPSA) is 62.1 Å². The normalized spacial score (nSPS) is 10.8. The number of carbonyl (C=O) groups is 1. The highest BCUT2D eigenvalue weighted by molar-refractivity contribution is 6.31. The molecule has 0 unspecified atom stereocenters. The fourth-order valence-electron chi connectivity index (χ4n) is 1.79. The summed E-state index contributed by atoms with van der Waals surface area (Å²) in [6.45, 7) is -0.393. The molecule has 0 fully saturated rings. The van der Waals surface area contributed by atoms with Crippen LogP contribution >= 0.6 is 11.6 Å². The Balaban J connectivity index is 1.98. The van der Waals surface area contributed by atoms with Crippen molar-refractivity contribution >= 4 is 23.2 Å². The summed E-state index contributed by atoms with van der Waals surface area (Å²) in [4.78, 5) is 11.8. The molecule has 0 saturated carbocycles. The van der Waals surface area contributed by atoms with Gasteiger partial charge in [0.15, 0.2) is 6.61 Å². The summed E-state index contributed by atoms with van der Waals surface area (Å²) < 4.78 is 43.4. The number of nitrogens with zero attached hydrogens (tertiary/aromatic N) is 1. The number of rotatable bonds is 4. The van der Waals surface area contributed by atoms with Gasteiger partial charge in [-0.3, -0.25) is 4.79 Å². The smallest absolute Gasteiger partial charge is 0.417 e. The van der Waals surface area contributed by atoms with Crippen molar-refractivity contribution in [3.8, 4) is 11.8 Å². The van der Waals surface area contributed by atoms with Gasteiger partial charge in [0.25, 0.3) is 5.91 Å². The maximum Gasteiger partial charge on any atom is 0.417 e. The molecule has 2 aromatic carbocycles. The molecule has 0 bridgehead atoms. The first-order valence-corrected chi connectivity index (χ1v) is 6.97. The second kappa shape index (κ2) is 7.23. The van der Waals surface area contributed by atoms with Crippen LogP contribution in [-0.2, 0) is 11.0 Å². The molecule has 1 amide bonds. The van der Waals surface area contributed by atoms with Crippen LogP contribution in [0.3, 0.4) is 0 Å². The van der Waals surface area contributed by atoms with Gasteiger partial charge in [-0.1, -0.05) is 11.6 Å². The maximum atomic E-state index is 12.8. The third-order valence-corrected chi connectivity index (χ3v) is 3.24. The Morgan fingerprint density at radius 3 is 2.46 bits per heavy atom. The largest absolute Gasteiger partial charge is 0.484 e. The number of nitriles is 1. The number of anilines is 1. The molecule has 124 valence electrons. The summed E-state index contributed by atoms with van der Waals surface area (Å²) in [7, 11) is 0. The van der Waals surface area contributed by atoms with E-state index in [1.165, 1.54) is 30.3 Å². The molecule has 0 aliphatic heterocycles. The number of benzene rings is 2. The highest BCUT2D eigenvalue weighted by Crippen LogP contribution is 2.36. The SMILES string of the molecule is N#Cc1ccc(OCC(=O)Nc2ccc(Cl)c(C(F)(F)F)c2)cc1. The zero-order valence-corrected chi connectivity index (χ0v) is 12.8. The molecule has 0 saturated heterocycles. The Labute approximate surface area is 140 Å². The lowest BCUT2D eigenvalue weighted by Gasteiger charge is -2.12. The van der Waals surface area contributed by atoms with Crippen molar-refractivity contribution in [3.63, 3.8) is 0 Å². The number of ether oxygens (including phenoxy) is 1. The van der Waals surface area contributed by atoms with Gasteiger partial charge in [-0.05, 0) is 42.5 Å². The van der Waals surface area contributed by atoms with E-state index >= 15 is 0 Å². The first kappa shape index (κ1) is 17.6. The molecule has 0 atom stereocenters. The average molecular weight is 355 g/mol. The van der Waals surface area contributed by atoms with Gasteiger partial charge in [0.1, 0.15) is 5.75 Å². The molecule has 0 radical (unpaired) electrons. The van der Waals surface area contributed by atoms with E-state index in [1.807, 2.05) is 6.07 Å². The predicted molar refractivity (Wildman–Crippen MR) is 81.7 cm³/mol. The first-order chi connectivity index (χ1) is 11.3. The monoisotopic (exact) mass is 354 g/mol. The molecule has 4 nitrogen and oxygen atoms in total. The number of amides is 1. The second-order valence-corrected chi connectivity index (χ2v) is 5.07. The molecule has 1 N–H and O–H groups in total. The number of alkyl halides is 3. The van der Waals surface area contributed by atoms with Crippen LogP contribution in [0.15, 0.2) is 42.5 Å². The van der Waals surface area contributed by atoms with Crippen LogP contribution in [0.25, 0.3) is 0 Å². The van der Waals surface area contributed by atoms with E-state index in [9.17, 15) is 18.0 Å². The van der Waals surface area contributed by atoms with Gasteiger partial charge in [0.05, 0.1) is 22.2 Å². The summed E-state index contributed by atoms with van der Waals surface area (Å²) in [6, 6.07) is 11.1. The van der Waals surface area contributed by atoms with Crippen molar-refractivity contribution in [2.24, 2.45) is 0 Å². The van der Waals surface area contributed by atoms with E-state index in [0.717, 1.165) is 12.1 Å². The third-order valence-electron chi connectivity index (χ3n) is 2.91. The van der Waals surface area contributed by atoms with Crippen LogP contribution in [0.2, 0.25) is 5.02 Å². The number of halogens is 4. The Kier molecular flexibility index (Phi) is 5.31. The van der Waals surface area contributed by atoms with E-state index in [1.54, 1.807) is 0 Å². The van der Waals surface area contributed by atoms with Gasteiger partial charge >= 0.3 is 6.18 Å². The second-order valence-electron chi connectivity index (χ2n) is 4.67. The molecule has 2 rings (SSSR count). The van der Waals surface area contributed by atoms with Crippen LogP contribution in [0.5, 0.6) is 5.75 Å². The van der Waals surface area contributed by atoms with E-state index in [-0.39, 0.29) is 5.69 Å². The number of hydrogen-bond acceptors (Lipinski definition) is 3. The van der Waals surface area contributed by atoms with Crippen molar-refractivity contribution in [3.05, 3.63) is 58.6 Å². The summed E-state index contributed by atoms with van der Waals surface area (Å²) in [6.07, 6.45) is -4.61. The highest BCUT2D eigenvalue weighted by atomic mass is 35.5. The standard InChI is InChI=1S/C16H10ClF3N2O2/c17-14-6-3-11(7-13(14)16(18,19)20)22-15(23)9-24-12-4-1-10(8-21)2-5-12/h1-7H,9H2,(H,22,23). The van der Waals surface area contributed by atoms with Crippen molar-refractivity contribution < 1.29 is 22.7 Å². The molecule has 0 heterocycles. The summed E-state index contributed by atoms with van der Waals surface area (Å²) >= 11 is 5.50. The van der Waals surface area contributed by atoms with E-state index in [4.69, 9.17) is 21.6 Å². The molecular weight excluding hydrogens is 345 g/mol. The molecule has 24 heavy (non-hydrogen) atoms. The summed E-state index contributed by atoms with van der Waals surface area (Å²) in [5.41, 5.74) is -0.636. The van der Waals surface area contributed by atoms with Crippen LogP contribution in [-0.4, -0.2) is 12.5 Å². The van der Waals surface area contributed by atoms with Crippen molar-refractivity contribution in [1.82, 2.24) is 0 Å². The van der Waals surface area contributed by atoms with Crippen molar-refractivity contribution in [2.45, 2.75) is 6.18 Å². The Morgan fingerprint density at radius 2 is 1.88 bits per heavy atom. The molecule has 0 aromatic heterocycles. The fourth-order valence-corrected chi connectivity index (χ4v) is 2.02. The van der Waals surface area contributed by atoms with Gasteiger partial charge in [-0.25, -0.2) is 0 Å². The zero-order valence-electron chi connectivity index (χ0n) is 12.0. The minimum absolute atomic E-state index is 0.0415. The Hall–Kier alpha value is -2.72. The summed E-state index contributed by atoms with van der Waals surface area (Å²) in [5.74, 6) is -0.272. The van der Waals surface area contributed by atoms with Crippen LogP contribution in [0.1, 0.15) is 11.1 Å². The Morgan fingerprint density at radius 1 is 1.21 bits per heavy atom. The van der Waals surface area contributed by atoms with E-state index in [2.05, 4.69) is 5.32 Å². The van der Waals surface area contributed by atoms with Crippen molar-refractivity contribution in [2.75, 3.05) is 11.9 Å². The van der Waals surface area contributed by atoms with Crippen LogP contribution in [0.4, 0.5) is 18.9 Å². The van der Waals surface area contributed by atoms with Crippen LogP contribution in [0, 0.1) is 11.3 Å². The van der Waals surface area contributed by atoms with Gasteiger partial charge < -0.3 is 10.1 Å². The molecule has 0 aliphatic rings. The molecule has 0 spiro atoms.